The molecule has 1 saturated carbocycles. The zero-order valence-corrected chi connectivity index (χ0v) is 8.04. The van der Waals surface area contributed by atoms with Crippen molar-refractivity contribution in [2.24, 2.45) is 5.92 Å². The molecule has 2 amide bonds. The highest BCUT2D eigenvalue weighted by Gasteiger charge is 2.23. The number of carbonyl (C=O) groups excluding carboxylic acids is 2. The molecule has 1 aliphatic carbocycles. The number of nitrogens with one attached hydrogen (secondary N) is 2. The molecular formula is C9H13N3O2. The molecule has 5 heteroatoms. The third-order valence-electron chi connectivity index (χ3n) is 1.95. The van der Waals surface area contributed by atoms with Gasteiger partial charge in [-0.1, -0.05) is 0 Å². The maximum atomic E-state index is 11.1. The molecule has 1 fully saturated rings. The van der Waals surface area contributed by atoms with Gasteiger partial charge < -0.3 is 10.6 Å². The van der Waals surface area contributed by atoms with Crippen molar-refractivity contribution in [1.29, 1.82) is 5.26 Å². The Bertz CT molecular complexity index is 278. The first-order valence-electron chi connectivity index (χ1n) is 4.60. The molecule has 0 aromatic rings. The van der Waals surface area contributed by atoms with E-state index < -0.39 is 11.8 Å². The highest BCUT2D eigenvalue weighted by Crippen LogP contribution is 2.18. The van der Waals surface area contributed by atoms with E-state index in [1.165, 1.54) is 6.92 Å². The molecule has 1 atom stereocenters. The molecule has 2 N–H and O–H groups in total. The number of hydrogen-bond acceptors (Lipinski definition) is 3. The van der Waals surface area contributed by atoms with Crippen LogP contribution in [0.3, 0.4) is 0 Å². The zero-order chi connectivity index (χ0) is 10.6. The predicted octanol–water partition coefficient (Wildman–Crippen LogP) is -0.459. The summed E-state index contributed by atoms with van der Waals surface area (Å²) in [6.07, 6.45) is 2.04. The van der Waals surface area contributed by atoms with Crippen LogP contribution in [0, 0.1) is 17.2 Å². The lowest BCUT2D eigenvalue weighted by molar-refractivity contribution is -0.127. The van der Waals surface area contributed by atoms with E-state index >= 15 is 0 Å². The minimum absolute atomic E-state index is 0.0403. The van der Waals surface area contributed by atoms with E-state index in [4.69, 9.17) is 5.26 Å². The number of carbonyl (C=O) groups is 2. The Kier molecular flexibility index (Phi) is 3.46. The lowest BCUT2D eigenvalue weighted by Gasteiger charge is -2.06. The Hall–Kier alpha value is -1.57. The number of nitrogens with zero attached hydrogens (tertiary/aromatic N) is 1. The quantitative estimate of drug-likeness (QED) is 0.637. The van der Waals surface area contributed by atoms with Gasteiger partial charge >= 0.3 is 0 Å². The van der Waals surface area contributed by atoms with E-state index in [9.17, 15) is 9.59 Å². The lowest BCUT2D eigenvalue weighted by atomic mass is 10.2. The van der Waals surface area contributed by atoms with Gasteiger partial charge in [0.05, 0.1) is 12.6 Å². The van der Waals surface area contributed by atoms with Crippen LogP contribution in [0.1, 0.15) is 19.8 Å². The molecule has 0 radical (unpaired) electrons. The van der Waals surface area contributed by atoms with Crippen LogP contribution in [0.15, 0.2) is 0 Å². The second-order valence-electron chi connectivity index (χ2n) is 3.41. The maximum Gasteiger partial charge on any atom is 0.239 e. The standard InChI is InChI=1S/C9H13N3O2/c1-6(4-10)9(14)11-5-8(13)12-7-2-3-7/h6-7H,2-3,5H2,1H3,(H,11,14)(H,12,13). The number of hydrogen-bond donors (Lipinski definition) is 2. The van der Waals surface area contributed by atoms with E-state index in [-0.39, 0.29) is 12.5 Å². The van der Waals surface area contributed by atoms with Crippen LogP contribution >= 0.6 is 0 Å². The summed E-state index contributed by atoms with van der Waals surface area (Å²) in [7, 11) is 0. The molecular weight excluding hydrogens is 182 g/mol. The van der Waals surface area contributed by atoms with Crippen molar-refractivity contribution < 1.29 is 9.59 Å². The summed E-state index contributed by atoms with van der Waals surface area (Å²) in [5, 5.41) is 13.5. The summed E-state index contributed by atoms with van der Waals surface area (Å²) in [6, 6.07) is 2.10. The van der Waals surface area contributed by atoms with Gasteiger partial charge in [0.1, 0.15) is 5.92 Å². The highest BCUT2D eigenvalue weighted by atomic mass is 16.2. The smallest absolute Gasteiger partial charge is 0.239 e. The van der Waals surface area contributed by atoms with Gasteiger partial charge in [0.2, 0.25) is 11.8 Å². The molecule has 14 heavy (non-hydrogen) atoms. The number of nitriles is 1. The molecule has 1 unspecified atom stereocenters. The first-order chi connectivity index (χ1) is 6.63. The van der Waals surface area contributed by atoms with Gasteiger partial charge in [-0.25, -0.2) is 0 Å². The fourth-order valence-electron chi connectivity index (χ4n) is 0.885. The topological polar surface area (TPSA) is 82.0 Å². The van der Waals surface area contributed by atoms with Crippen LogP contribution in [0.4, 0.5) is 0 Å². The molecule has 0 aliphatic heterocycles. The average molecular weight is 195 g/mol. The van der Waals surface area contributed by atoms with Gasteiger partial charge in [-0.15, -0.1) is 0 Å². The Labute approximate surface area is 82.5 Å². The zero-order valence-electron chi connectivity index (χ0n) is 8.04. The molecule has 5 nitrogen and oxygen atoms in total. The molecule has 0 bridgehead atoms. The fourth-order valence-corrected chi connectivity index (χ4v) is 0.885. The van der Waals surface area contributed by atoms with Crippen molar-refractivity contribution in [3.8, 4) is 6.07 Å². The molecule has 0 spiro atoms. The van der Waals surface area contributed by atoms with Crippen molar-refractivity contribution in [3.63, 3.8) is 0 Å². The fraction of sp³-hybridized carbons (Fsp3) is 0.667. The molecule has 0 aromatic carbocycles. The van der Waals surface area contributed by atoms with E-state index in [2.05, 4.69) is 10.6 Å². The van der Waals surface area contributed by atoms with Crippen molar-refractivity contribution in [3.05, 3.63) is 0 Å². The van der Waals surface area contributed by atoms with Crippen molar-refractivity contribution >= 4 is 11.8 Å². The van der Waals surface area contributed by atoms with Gasteiger partial charge in [0.15, 0.2) is 0 Å². The van der Waals surface area contributed by atoms with E-state index in [1.807, 2.05) is 0 Å². The molecule has 1 aliphatic rings. The molecule has 0 heterocycles. The highest BCUT2D eigenvalue weighted by molar-refractivity contribution is 5.86. The first-order valence-corrected chi connectivity index (χ1v) is 4.60. The monoisotopic (exact) mass is 195 g/mol. The molecule has 0 saturated heterocycles. The molecule has 0 aromatic heterocycles. The largest absolute Gasteiger partial charge is 0.352 e. The second-order valence-corrected chi connectivity index (χ2v) is 3.41. The minimum atomic E-state index is -0.705. The summed E-state index contributed by atoms with van der Waals surface area (Å²) in [6.45, 7) is 1.45. The first kappa shape index (κ1) is 10.5. The minimum Gasteiger partial charge on any atom is -0.352 e. The van der Waals surface area contributed by atoms with Crippen LogP contribution in [0.25, 0.3) is 0 Å². The maximum absolute atomic E-state index is 11.1. The van der Waals surface area contributed by atoms with Crippen LogP contribution in [0.2, 0.25) is 0 Å². The summed E-state index contributed by atoms with van der Waals surface area (Å²) < 4.78 is 0. The number of amides is 2. The summed E-state index contributed by atoms with van der Waals surface area (Å²) >= 11 is 0. The predicted molar refractivity (Wildman–Crippen MR) is 49.0 cm³/mol. The lowest BCUT2D eigenvalue weighted by Crippen LogP contribution is -2.39. The van der Waals surface area contributed by atoms with Crippen molar-refractivity contribution in [2.75, 3.05) is 6.54 Å². The Morgan fingerprint density at radius 3 is 2.71 bits per heavy atom. The Morgan fingerprint density at radius 2 is 2.21 bits per heavy atom. The SMILES string of the molecule is CC(C#N)C(=O)NCC(=O)NC1CC1. The molecule has 1 rings (SSSR count). The normalized spacial score (nSPS) is 16.6. The third-order valence-corrected chi connectivity index (χ3v) is 1.95. The van der Waals surface area contributed by atoms with Gasteiger partial charge in [0.25, 0.3) is 0 Å². The van der Waals surface area contributed by atoms with Crippen molar-refractivity contribution in [2.45, 2.75) is 25.8 Å². The van der Waals surface area contributed by atoms with Crippen LogP contribution in [-0.2, 0) is 9.59 Å². The summed E-state index contributed by atoms with van der Waals surface area (Å²) in [4.78, 5) is 22.2. The van der Waals surface area contributed by atoms with Crippen LogP contribution < -0.4 is 10.6 Å². The number of rotatable bonds is 4. The molecule has 76 valence electrons. The summed E-state index contributed by atoms with van der Waals surface area (Å²) in [5.41, 5.74) is 0. The Morgan fingerprint density at radius 1 is 1.57 bits per heavy atom. The van der Waals surface area contributed by atoms with Crippen molar-refractivity contribution in [1.82, 2.24) is 10.6 Å². The third kappa shape index (κ3) is 3.44. The summed E-state index contributed by atoms with van der Waals surface area (Å²) in [5.74, 6) is -1.30. The van der Waals surface area contributed by atoms with Gasteiger partial charge in [-0.05, 0) is 19.8 Å². The average Bonchev–Trinajstić information content (AvgIpc) is 2.96. The van der Waals surface area contributed by atoms with Gasteiger partial charge in [-0.2, -0.15) is 5.26 Å². The Balaban J connectivity index is 2.15. The second kappa shape index (κ2) is 4.61. The van der Waals surface area contributed by atoms with E-state index in [0.29, 0.717) is 6.04 Å². The van der Waals surface area contributed by atoms with Gasteiger partial charge in [0, 0.05) is 6.04 Å². The van der Waals surface area contributed by atoms with Crippen LogP contribution in [0.5, 0.6) is 0 Å². The van der Waals surface area contributed by atoms with Gasteiger partial charge in [-0.3, -0.25) is 9.59 Å². The van der Waals surface area contributed by atoms with Crippen LogP contribution in [-0.4, -0.2) is 24.4 Å². The van der Waals surface area contributed by atoms with E-state index in [1.54, 1.807) is 6.07 Å². The van der Waals surface area contributed by atoms with E-state index in [0.717, 1.165) is 12.8 Å².